The lowest BCUT2D eigenvalue weighted by Crippen LogP contribution is -2.53. The standard InChI is InChI=1S/C18H12F2N2O4S/c1-18(8-15(23)24)16(25)22(12-4-2-10(20)7-13(12)26-18)17-21-11-6-9(19)3-5-14(11)27-17/h2-7H,8H2,1H3,(H,23,24). The predicted octanol–water partition coefficient (Wildman–Crippen LogP) is 3.87. The summed E-state index contributed by atoms with van der Waals surface area (Å²) in [6.45, 7) is 1.33. The number of halogens is 2. The number of aliphatic carboxylic acids is 1. The maximum absolute atomic E-state index is 13.7. The topological polar surface area (TPSA) is 79.7 Å². The van der Waals surface area contributed by atoms with E-state index in [0.29, 0.717) is 10.2 Å². The first kappa shape index (κ1) is 17.3. The van der Waals surface area contributed by atoms with E-state index in [1.165, 1.54) is 30.0 Å². The summed E-state index contributed by atoms with van der Waals surface area (Å²) in [5.74, 6) is -2.91. The molecule has 138 valence electrons. The molecule has 0 bridgehead atoms. The normalized spacial score (nSPS) is 19.1. The maximum Gasteiger partial charge on any atom is 0.307 e. The predicted molar refractivity (Wildman–Crippen MR) is 94.4 cm³/mol. The first-order chi connectivity index (χ1) is 12.8. The van der Waals surface area contributed by atoms with Crippen molar-refractivity contribution in [1.29, 1.82) is 0 Å². The van der Waals surface area contributed by atoms with Gasteiger partial charge in [0.1, 0.15) is 17.4 Å². The molecule has 0 fully saturated rings. The molecule has 6 nitrogen and oxygen atoms in total. The molecule has 1 atom stereocenters. The zero-order valence-corrected chi connectivity index (χ0v) is 14.7. The Morgan fingerprint density at radius 2 is 1.96 bits per heavy atom. The van der Waals surface area contributed by atoms with Crippen molar-refractivity contribution in [3.05, 3.63) is 48.0 Å². The van der Waals surface area contributed by atoms with Gasteiger partial charge in [-0.25, -0.2) is 18.7 Å². The summed E-state index contributed by atoms with van der Waals surface area (Å²) >= 11 is 1.13. The third-order valence-corrected chi connectivity index (χ3v) is 5.19. The van der Waals surface area contributed by atoms with Gasteiger partial charge in [0, 0.05) is 12.1 Å². The number of carboxylic acids is 1. The fourth-order valence-electron chi connectivity index (χ4n) is 2.96. The van der Waals surface area contributed by atoms with Gasteiger partial charge in [-0.15, -0.1) is 0 Å². The van der Waals surface area contributed by atoms with Crippen LogP contribution in [0.5, 0.6) is 5.75 Å². The largest absolute Gasteiger partial charge is 0.481 e. The van der Waals surface area contributed by atoms with E-state index < -0.39 is 35.5 Å². The van der Waals surface area contributed by atoms with E-state index in [1.807, 2.05) is 0 Å². The van der Waals surface area contributed by atoms with Gasteiger partial charge in [0.05, 0.1) is 22.3 Å². The number of nitrogens with zero attached hydrogens (tertiary/aromatic N) is 2. The van der Waals surface area contributed by atoms with Gasteiger partial charge in [0.15, 0.2) is 10.7 Å². The molecule has 1 amide bonds. The molecule has 0 spiro atoms. The fourth-order valence-corrected chi connectivity index (χ4v) is 3.92. The van der Waals surface area contributed by atoms with Crippen molar-refractivity contribution in [2.45, 2.75) is 18.9 Å². The quantitative estimate of drug-likeness (QED) is 0.735. The van der Waals surface area contributed by atoms with Crippen LogP contribution in [-0.4, -0.2) is 27.6 Å². The van der Waals surface area contributed by atoms with Crippen molar-refractivity contribution in [1.82, 2.24) is 4.98 Å². The number of anilines is 2. The van der Waals surface area contributed by atoms with Crippen molar-refractivity contribution in [3.8, 4) is 5.75 Å². The molecule has 1 aromatic heterocycles. The highest BCUT2D eigenvalue weighted by Crippen LogP contribution is 2.45. The molecular formula is C18H12F2N2O4S. The zero-order chi connectivity index (χ0) is 19.3. The van der Waals surface area contributed by atoms with E-state index in [0.717, 1.165) is 23.5 Å². The van der Waals surface area contributed by atoms with Gasteiger partial charge in [-0.1, -0.05) is 11.3 Å². The highest BCUT2D eigenvalue weighted by Gasteiger charge is 2.48. The summed E-state index contributed by atoms with van der Waals surface area (Å²) in [6.07, 6.45) is -0.613. The van der Waals surface area contributed by atoms with Gasteiger partial charge in [0.2, 0.25) is 0 Å². The van der Waals surface area contributed by atoms with Crippen molar-refractivity contribution in [3.63, 3.8) is 0 Å². The van der Waals surface area contributed by atoms with Crippen LogP contribution in [0.4, 0.5) is 19.6 Å². The molecule has 1 unspecified atom stereocenters. The van der Waals surface area contributed by atoms with Gasteiger partial charge >= 0.3 is 5.97 Å². The van der Waals surface area contributed by atoms with Crippen molar-refractivity contribution >= 4 is 44.2 Å². The van der Waals surface area contributed by atoms with Crippen LogP contribution in [0.25, 0.3) is 10.2 Å². The number of rotatable bonds is 3. The van der Waals surface area contributed by atoms with Gasteiger partial charge in [-0.05, 0) is 31.2 Å². The van der Waals surface area contributed by atoms with Gasteiger partial charge in [-0.2, -0.15) is 0 Å². The number of hydrogen-bond acceptors (Lipinski definition) is 5. The van der Waals surface area contributed by atoms with Crippen LogP contribution in [0.15, 0.2) is 36.4 Å². The number of thiazole rings is 1. The summed E-state index contributed by atoms with van der Waals surface area (Å²) in [5.41, 5.74) is -1.14. The van der Waals surface area contributed by atoms with E-state index in [9.17, 15) is 23.5 Å². The summed E-state index contributed by atoms with van der Waals surface area (Å²) in [7, 11) is 0. The number of aromatic nitrogens is 1. The number of carboxylic acid groups (broad SMARTS) is 1. The van der Waals surface area contributed by atoms with Gasteiger partial charge < -0.3 is 9.84 Å². The van der Waals surface area contributed by atoms with Crippen LogP contribution in [0, 0.1) is 11.6 Å². The van der Waals surface area contributed by atoms with Crippen LogP contribution >= 0.6 is 11.3 Å². The molecule has 0 aliphatic carbocycles. The molecule has 1 aliphatic rings. The average Bonchev–Trinajstić information content (AvgIpc) is 2.98. The molecule has 4 rings (SSSR count). The Hall–Kier alpha value is -3.07. The van der Waals surface area contributed by atoms with Gasteiger partial charge in [-0.3, -0.25) is 9.59 Å². The zero-order valence-electron chi connectivity index (χ0n) is 13.9. The first-order valence-corrected chi connectivity index (χ1v) is 8.69. The number of fused-ring (bicyclic) bond motifs is 2. The van der Waals surface area contributed by atoms with Crippen molar-refractivity contribution < 1.29 is 28.2 Å². The molecule has 0 saturated heterocycles. The number of hydrogen-bond donors (Lipinski definition) is 1. The minimum Gasteiger partial charge on any atom is -0.481 e. The molecular weight excluding hydrogens is 378 g/mol. The molecule has 0 radical (unpaired) electrons. The Kier molecular flexibility index (Phi) is 3.84. The van der Waals surface area contributed by atoms with Crippen LogP contribution in [0.1, 0.15) is 13.3 Å². The summed E-state index contributed by atoms with van der Waals surface area (Å²) in [5, 5.41) is 9.39. The molecule has 2 heterocycles. The Morgan fingerprint density at radius 3 is 2.70 bits per heavy atom. The minimum absolute atomic E-state index is 0.0313. The van der Waals surface area contributed by atoms with Gasteiger partial charge in [0.25, 0.3) is 5.91 Å². The highest BCUT2D eigenvalue weighted by molar-refractivity contribution is 7.22. The van der Waals surface area contributed by atoms with Crippen molar-refractivity contribution in [2.75, 3.05) is 4.90 Å². The third kappa shape index (κ3) is 2.89. The monoisotopic (exact) mass is 390 g/mol. The average molecular weight is 390 g/mol. The Balaban J connectivity index is 1.90. The number of carbonyl (C=O) groups is 2. The molecule has 9 heteroatoms. The second-order valence-electron chi connectivity index (χ2n) is 6.26. The van der Waals surface area contributed by atoms with E-state index in [-0.39, 0.29) is 16.6 Å². The first-order valence-electron chi connectivity index (χ1n) is 7.88. The van der Waals surface area contributed by atoms with Crippen molar-refractivity contribution in [2.24, 2.45) is 0 Å². The summed E-state index contributed by atoms with van der Waals surface area (Å²) < 4.78 is 33.4. The van der Waals surface area contributed by atoms with Crippen LogP contribution in [0.3, 0.4) is 0 Å². The second-order valence-corrected chi connectivity index (χ2v) is 7.27. The summed E-state index contributed by atoms with van der Waals surface area (Å²) in [6, 6.07) is 7.66. The number of benzene rings is 2. The Morgan fingerprint density at radius 1 is 1.26 bits per heavy atom. The van der Waals surface area contributed by atoms with Crippen LogP contribution in [0.2, 0.25) is 0 Å². The van der Waals surface area contributed by atoms with E-state index >= 15 is 0 Å². The molecule has 2 aromatic carbocycles. The third-order valence-electron chi connectivity index (χ3n) is 4.17. The molecule has 3 aromatic rings. The lowest BCUT2D eigenvalue weighted by molar-refractivity contribution is -0.148. The van der Waals surface area contributed by atoms with E-state index in [4.69, 9.17) is 4.74 Å². The second kappa shape index (κ2) is 5.98. The molecule has 1 N–H and O–H groups in total. The number of amides is 1. The summed E-state index contributed by atoms with van der Waals surface area (Å²) in [4.78, 5) is 29.8. The molecule has 27 heavy (non-hydrogen) atoms. The minimum atomic E-state index is -1.74. The number of ether oxygens (including phenoxy) is 1. The number of carbonyl (C=O) groups excluding carboxylic acids is 1. The van der Waals surface area contributed by atoms with Crippen LogP contribution < -0.4 is 9.64 Å². The lowest BCUT2D eigenvalue weighted by atomic mass is 9.97. The van der Waals surface area contributed by atoms with E-state index in [1.54, 1.807) is 6.07 Å². The Labute approximate surface area is 155 Å². The Bertz CT molecular complexity index is 1100. The smallest absolute Gasteiger partial charge is 0.307 e. The fraction of sp³-hybridized carbons (Fsp3) is 0.167. The molecule has 0 saturated carbocycles. The van der Waals surface area contributed by atoms with E-state index in [2.05, 4.69) is 4.98 Å². The lowest BCUT2D eigenvalue weighted by Gasteiger charge is -2.38. The van der Waals surface area contributed by atoms with Crippen LogP contribution in [-0.2, 0) is 9.59 Å². The molecule has 1 aliphatic heterocycles. The SMILES string of the molecule is CC1(CC(=O)O)Oc2cc(F)ccc2N(c2nc3cc(F)ccc3s2)C1=O. The highest BCUT2D eigenvalue weighted by atomic mass is 32.1. The maximum atomic E-state index is 13.7.